The molecule has 0 aliphatic heterocycles. The Morgan fingerprint density at radius 3 is 2.58 bits per heavy atom. The summed E-state index contributed by atoms with van der Waals surface area (Å²) < 4.78 is 0. The van der Waals surface area contributed by atoms with Gasteiger partial charge in [0.05, 0.1) is 5.25 Å². The van der Waals surface area contributed by atoms with E-state index in [2.05, 4.69) is 51.7 Å². The highest BCUT2D eigenvalue weighted by molar-refractivity contribution is 8.00. The third-order valence-corrected chi connectivity index (χ3v) is 5.91. The fourth-order valence-electron chi connectivity index (χ4n) is 3.28. The molecule has 5 nitrogen and oxygen atoms in total. The lowest BCUT2D eigenvalue weighted by atomic mass is 10.1. The predicted octanol–water partition coefficient (Wildman–Crippen LogP) is 4.35. The first-order valence-corrected chi connectivity index (χ1v) is 10.5. The SMILES string of the molecule is CCc1ccc(-c2nc(S[C@@H](C)C(=O)NC3CCCCCC3)n[nH]2)cc1. The predicted molar refractivity (Wildman–Crippen MR) is 106 cm³/mol. The van der Waals surface area contributed by atoms with Gasteiger partial charge in [-0.15, -0.1) is 5.10 Å². The van der Waals surface area contributed by atoms with Crippen LogP contribution < -0.4 is 5.32 Å². The molecule has 3 rings (SSSR count). The lowest BCUT2D eigenvalue weighted by Gasteiger charge is -2.18. The number of aryl methyl sites for hydroxylation is 1. The van der Waals surface area contributed by atoms with Crippen LogP contribution in [0.25, 0.3) is 11.4 Å². The number of carbonyl (C=O) groups excluding carboxylic acids is 1. The molecule has 1 fully saturated rings. The quantitative estimate of drug-likeness (QED) is 0.584. The van der Waals surface area contributed by atoms with Crippen molar-refractivity contribution in [3.8, 4) is 11.4 Å². The van der Waals surface area contributed by atoms with Crippen molar-refractivity contribution < 1.29 is 4.79 Å². The number of hydrogen-bond acceptors (Lipinski definition) is 4. The molecule has 0 saturated heterocycles. The van der Waals surface area contributed by atoms with E-state index in [-0.39, 0.29) is 11.2 Å². The Morgan fingerprint density at radius 2 is 1.92 bits per heavy atom. The summed E-state index contributed by atoms with van der Waals surface area (Å²) in [7, 11) is 0. The number of carbonyl (C=O) groups is 1. The van der Waals surface area contributed by atoms with Gasteiger partial charge < -0.3 is 5.32 Å². The third-order valence-electron chi connectivity index (χ3n) is 4.95. The molecular formula is C20H28N4OS. The molecule has 1 amide bonds. The number of aromatic nitrogens is 3. The fourth-order valence-corrected chi connectivity index (χ4v) is 4.01. The first-order chi connectivity index (χ1) is 12.7. The van der Waals surface area contributed by atoms with Gasteiger partial charge in [0.25, 0.3) is 0 Å². The standard InChI is InChI=1S/C20H28N4OS/c1-3-15-10-12-16(13-11-15)18-22-20(24-23-18)26-14(2)19(25)21-17-8-6-4-5-7-9-17/h10-14,17H,3-9H2,1-2H3,(H,21,25)(H,22,23,24)/t14-/m0/s1. The van der Waals surface area contributed by atoms with Crippen molar-refractivity contribution in [3.05, 3.63) is 29.8 Å². The maximum atomic E-state index is 12.5. The van der Waals surface area contributed by atoms with E-state index in [9.17, 15) is 4.79 Å². The zero-order valence-corrected chi connectivity index (χ0v) is 16.4. The normalized spacial score (nSPS) is 16.8. The molecule has 1 saturated carbocycles. The van der Waals surface area contributed by atoms with Gasteiger partial charge >= 0.3 is 0 Å². The topological polar surface area (TPSA) is 70.7 Å². The highest BCUT2D eigenvalue weighted by Crippen LogP contribution is 2.24. The Hall–Kier alpha value is -1.82. The summed E-state index contributed by atoms with van der Waals surface area (Å²) >= 11 is 1.40. The van der Waals surface area contributed by atoms with E-state index in [0.717, 1.165) is 30.7 Å². The molecule has 26 heavy (non-hydrogen) atoms. The number of thioether (sulfide) groups is 1. The number of amides is 1. The van der Waals surface area contributed by atoms with Crippen molar-refractivity contribution in [3.63, 3.8) is 0 Å². The summed E-state index contributed by atoms with van der Waals surface area (Å²) in [5.41, 5.74) is 2.31. The van der Waals surface area contributed by atoms with Gasteiger partial charge in [0, 0.05) is 11.6 Å². The van der Waals surface area contributed by atoms with E-state index in [1.165, 1.54) is 43.0 Å². The molecule has 0 bridgehead atoms. The minimum Gasteiger partial charge on any atom is -0.352 e. The smallest absolute Gasteiger partial charge is 0.233 e. The molecule has 1 aromatic carbocycles. The van der Waals surface area contributed by atoms with Crippen LogP contribution in [0.4, 0.5) is 0 Å². The van der Waals surface area contributed by atoms with Crippen molar-refractivity contribution in [1.82, 2.24) is 20.5 Å². The van der Waals surface area contributed by atoms with Crippen molar-refractivity contribution in [2.75, 3.05) is 0 Å². The van der Waals surface area contributed by atoms with Crippen LogP contribution in [-0.4, -0.2) is 32.4 Å². The van der Waals surface area contributed by atoms with Crippen LogP contribution in [0, 0.1) is 0 Å². The second-order valence-corrected chi connectivity index (χ2v) is 8.28. The molecular weight excluding hydrogens is 344 g/mol. The number of nitrogens with one attached hydrogen (secondary N) is 2. The van der Waals surface area contributed by atoms with Gasteiger partial charge in [-0.3, -0.25) is 9.89 Å². The van der Waals surface area contributed by atoms with Crippen molar-refractivity contribution >= 4 is 17.7 Å². The molecule has 1 aromatic heterocycles. The van der Waals surface area contributed by atoms with Gasteiger partial charge in [0.1, 0.15) is 0 Å². The third kappa shape index (κ3) is 5.10. The minimum atomic E-state index is -0.204. The molecule has 140 valence electrons. The molecule has 0 spiro atoms. The maximum Gasteiger partial charge on any atom is 0.233 e. The van der Waals surface area contributed by atoms with Crippen LogP contribution in [0.3, 0.4) is 0 Å². The molecule has 2 aromatic rings. The van der Waals surface area contributed by atoms with Gasteiger partial charge in [-0.05, 0) is 31.7 Å². The van der Waals surface area contributed by atoms with E-state index < -0.39 is 0 Å². The summed E-state index contributed by atoms with van der Waals surface area (Å²) in [4.78, 5) is 17.0. The van der Waals surface area contributed by atoms with Gasteiger partial charge in [-0.2, -0.15) is 0 Å². The first kappa shape index (κ1) is 19.0. The minimum absolute atomic E-state index is 0.0838. The Labute approximate surface area is 159 Å². The second-order valence-electron chi connectivity index (χ2n) is 6.97. The molecule has 0 unspecified atom stereocenters. The lowest BCUT2D eigenvalue weighted by Crippen LogP contribution is -2.39. The zero-order valence-electron chi connectivity index (χ0n) is 15.6. The molecule has 1 atom stereocenters. The monoisotopic (exact) mass is 372 g/mol. The number of hydrogen-bond donors (Lipinski definition) is 2. The Balaban J connectivity index is 1.56. The number of aromatic amines is 1. The molecule has 1 heterocycles. The summed E-state index contributed by atoms with van der Waals surface area (Å²) in [6.07, 6.45) is 8.22. The summed E-state index contributed by atoms with van der Waals surface area (Å²) in [5, 5.41) is 10.9. The number of H-pyrrole nitrogens is 1. The largest absolute Gasteiger partial charge is 0.352 e. The average molecular weight is 373 g/mol. The van der Waals surface area contributed by atoms with Crippen LogP contribution in [0.5, 0.6) is 0 Å². The van der Waals surface area contributed by atoms with Crippen LogP contribution in [0.1, 0.15) is 57.9 Å². The van der Waals surface area contributed by atoms with Gasteiger partial charge in [0.2, 0.25) is 11.1 Å². The van der Waals surface area contributed by atoms with E-state index in [4.69, 9.17) is 0 Å². The second kappa shape index (κ2) is 9.21. The highest BCUT2D eigenvalue weighted by Gasteiger charge is 2.21. The maximum absolute atomic E-state index is 12.5. The van der Waals surface area contributed by atoms with Crippen molar-refractivity contribution in [2.24, 2.45) is 0 Å². The van der Waals surface area contributed by atoms with E-state index >= 15 is 0 Å². The summed E-state index contributed by atoms with van der Waals surface area (Å²) in [6, 6.07) is 8.64. The van der Waals surface area contributed by atoms with Gasteiger partial charge in [-0.1, -0.05) is 68.6 Å². The Morgan fingerprint density at radius 1 is 1.23 bits per heavy atom. The van der Waals surface area contributed by atoms with Gasteiger partial charge in [-0.25, -0.2) is 4.98 Å². The van der Waals surface area contributed by atoms with Crippen LogP contribution >= 0.6 is 11.8 Å². The zero-order chi connectivity index (χ0) is 18.4. The van der Waals surface area contributed by atoms with Crippen LogP contribution in [0.2, 0.25) is 0 Å². The molecule has 6 heteroatoms. The van der Waals surface area contributed by atoms with Crippen LogP contribution in [-0.2, 0) is 11.2 Å². The number of benzene rings is 1. The Bertz CT molecular complexity index is 705. The average Bonchev–Trinajstić information content (AvgIpc) is 2.97. The van der Waals surface area contributed by atoms with Crippen LogP contribution in [0.15, 0.2) is 29.4 Å². The summed E-state index contributed by atoms with van der Waals surface area (Å²) in [6.45, 7) is 4.06. The molecule has 1 aliphatic carbocycles. The van der Waals surface area contributed by atoms with E-state index in [1.807, 2.05) is 6.92 Å². The van der Waals surface area contributed by atoms with Gasteiger partial charge in [0.15, 0.2) is 5.82 Å². The van der Waals surface area contributed by atoms with Crippen molar-refractivity contribution in [2.45, 2.75) is 75.2 Å². The number of nitrogens with zero attached hydrogens (tertiary/aromatic N) is 2. The fraction of sp³-hybridized carbons (Fsp3) is 0.550. The lowest BCUT2D eigenvalue weighted by molar-refractivity contribution is -0.121. The first-order valence-electron chi connectivity index (χ1n) is 9.64. The highest BCUT2D eigenvalue weighted by atomic mass is 32.2. The number of rotatable bonds is 6. The van der Waals surface area contributed by atoms with Crippen molar-refractivity contribution in [1.29, 1.82) is 0 Å². The van der Waals surface area contributed by atoms with E-state index in [0.29, 0.717) is 11.2 Å². The molecule has 1 aliphatic rings. The van der Waals surface area contributed by atoms with E-state index in [1.54, 1.807) is 0 Å². The molecule has 0 radical (unpaired) electrons. The molecule has 2 N–H and O–H groups in total. The Kier molecular flexibility index (Phi) is 6.72. The summed E-state index contributed by atoms with van der Waals surface area (Å²) in [5.74, 6) is 0.826.